The van der Waals surface area contributed by atoms with Gasteiger partial charge in [-0.2, -0.15) is 0 Å². The van der Waals surface area contributed by atoms with E-state index in [9.17, 15) is 4.79 Å². The van der Waals surface area contributed by atoms with Gasteiger partial charge in [0.05, 0.1) is 5.69 Å². The van der Waals surface area contributed by atoms with Gasteiger partial charge in [-0.25, -0.2) is 4.98 Å². The summed E-state index contributed by atoms with van der Waals surface area (Å²) in [6.45, 7) is 5.74. The summed E-state index contributed by atoms with van der Waals surface area (Å²) in [4.78, 5) is 21.2. The van der Waals surface area contributed by atoms with Crippen LogP contribution in [0.2, 0.25) is 0 Å². The second kappa shape index (κ2) is 5.49. The van der Waals surface area contributed by atoms with Crippen LogP contribution in [0.3, 0.4) is 0 Å². The molecule has 5 heteroatoms. The minimum Gasteiger partial charge on any atom is -0.346 e. The van der Waals surface area contributed by atoms with Crippen LogP contribution in [0.5, 0.6) is 0 Å². The summed E-state index contributed by atoms with van der Waals surface area (Å²) in [5, 5.41) is 3.20. The van der Waals surface area contributed by atoms with Crippen molar-refractivity contribution in [2.24, 2.45) is 5.92 Å². The van der Waals surface area contributed by atoms with E-state index in [1.54, 1.807) is 11.3 Å². The molecule has 1 aliphatic carbocycles. The van der Waals surface area contributed by atoms with E-state index in [1.807, 2.05) is 6.92 Å². The molecule has 1 amide bonds. The number of amides is 1. The van der Waals surface area contributed by atoms with E-state index in [0.717, 1.165) is 56.3 Å². The zero-order valence-electron chi connectivity index (χ0n) is 11.5. The van der Waals surface area contributed by atoms with Gasteiger partial charge in [-0.05, 0) is 26.2 Å². The van der Waals surface area contributed by atoms with Crippen LogP contribution in [0, 0.1) is 12.8 Å². The quantitative estimate of drug-likeness (QED) is 0.833. The minimum atomic E-state index is 0.327. The molecule has 4 nitrogen and oxygen atoms in total. The van der Waals surface area contributed by atoms with Gasteiger partial charge in [-0.15, -0.1) is 11.3 Å². The molecule has 1 aliphatic heterocycles. The number of carbonyl (C=O) groups is 1. The molecular formula is C14H21N3OS. The molecule has 104 valence electrons. The summed E-state index contributed by atoms with van der Waals surface area (Å²) in [6, 6.07) is 0. The van der Waals surface area contributed by atoms with Gasteiger partial charge < -0.3 is 9.80 Å². The molecule has 2 heterocycles. The van der Waals surface area contributed by atoms with Gasteiger partial charge in [0.2, 0.25) is 5.91 Å². The van der Waals surface area contributed by atoms with E-state index in [2.05, 4.69) is 20.2 Å². The highest BCUT2D eigenvalue weighted by Crippen LogP contribution is 2.29. The number of aromatic nitrogens is 1. The van der Waals surface area contributed by atoms with Crippen LogP contribution in [-0.2, 0) is 4.79 Å². The van der Waals surface area contributed by atoms with E-state index < -0.39 is 0 Å². The van der Waals surface area contributed by atoms with Crippen molar-refractivity contribution in [1.82, 2.24) is 9.88 Å². The maximum Gasteiger partial charge on any atom is 0.225 e. The lowest BCUT2D eigenvalue weighted by molar-refractivity contribution is -0.137. The standard InChI is InChI=1S/C14H21N3OS/c1-11-10-19-14(15-11)17-7-3-6-16(8-9-17)13(18)12-4-2-5-12/h10,12H,2-9H2,1H3. The first-order valence-corrected chi connectivity index (χ1v) is 8.08. The molecular weight excluding hydrogens is 258 g/mol. The second-order valence-corrected chi connectivity index (χ2v) is 6.40. The number of aryl methyl sites for hydroxylation is 1. The molecule has 2 fully saturated rings. The van der Waals surface area contributed by atoms with Crippen LogP contribution in [0.4, 0.5) is 5.13 Å². The maximum atomic E-state index is 12.3. The number of anilines is 1. The van der Waals surface area contributed by atoms with Crippen molar-refractivity contribution in [3.8, 4) is 0 Å². The zero-order valence-corrected chi connectivity index (χ0v) is 12.3. The van der Waals surface area contributed by atoms with Crippen molar-refractivity contribution in [1.29, 1.82) is 0 Å². The molecule has 1 aromatic heterocycles. The van der Waals surface area contributed by atoms with Crippen molar-refractivity contribution < 1.29 is 4.79 Å². The Hall–Kier alpha value is -1.10. The first-order valence-electron chi connectivity index (χ1n) is 7.20. The third-order valence-electron chi connectivity index (χ3n) is 4.14. The second-order valence-electron chi connectivity index (χ2n) is 5.57. The normalized spacial score (nSPS) is 21.1. The van der Waals surface area contributed by atoms with Gasteiger partial charge in [0, 0.05) is 37.5 Å². The summed E-state index contributed by atoms with van der Waals surface area (Å²) in [5.74, 6) is 0.720. The zero-order chi connectivity index (χ0) is 13.2. The monoisotopic (exact) mass is 279 g/mol. The SMILES string of the molecule is Cc1csc(N2CCCN(C(=O)C3CCC3)CC2)n1. The predicted octanol–water partition coefficient (Wildman–Crippen LogP) is 2.29. The van der Waals surface area contributed by atoms with E-state index in [-0.39, 0.29) is 0 Å². The third-order valence-corrected chi connectivity index (χ3v) is 5.16. The average molecular weight is 279 g/mol. The van der Waals surface area contributed by atoms with Crippen LogP contribution in [0.15, 0.2) is 5.38 Å². The molecule has 0 radical (unpaired) electrons. The van der Waals surface area contributed by atoms with E-state index in [4.69, 9.17) is 0 Å². The van der Waals surface area contributed by atoms with Gasteiger partial charge in [0.1, 0.15) is 0 Å². The fraction of sp³-hybridized carbons (Fsp3) is 0.714. The smallest absolute Gasteiger partial charge is 0.225 e. The van der Waals surface area contributed by atoms with Crippen LogP contribution < -0.4 is 4.90 Å². The van der Waals surface area contributed by atoms with Gasteiger partial charge in [-0.3, -0.25) is 4.79 Å². The lowest BCUT2D eigenvalue weighted by atomic mass is 9.84. The van der Waals surface area contributed by atoms with Gasteiger partial charge >= 0.3 is 0 Å². The lowest BCUT2D eigenvalue weighted by Gasteiger charge is -2.30. The molecule has 0 aromatic carbocycles. The van der Waals surface area contributed by atoms with Gasteiger partial charge in [0.25, 0.3) is 0 Å². The topological polar surface area (TPSA) is 36.4 Å². The number of rotatable bonds is 2. The van der Waals surface area contributed by atoms with Crippen molar-refractivity contribution in [2.45, 2.75) is 32.6 Å². The molecule has 19 heavy (non-hydrogen) atoms. The van der Waals surface area contributed by atoms with Crippen molar-refractivity contribution in [2.75, 3.05) is 31.1 Å². The highest BCUT2D eigenvalue weighted by Gasteiger charge is 2.30. The predicted molar refractivity (Wildman–Crippen MR) is 77.6 cm³/mol. The highest BCUT2D eigenvalue weighted by molar-refractivity contribution is 7.13. The Balaban J connectivity index is 1.60. The van der Waals surface area contributed by atoms with Crippen LogP contribution in [0.1, 0.15) is 31.4 Å². The van der Waals surface area contributed by atoms with Crippen LogP contribution >= 0.6 is 11.3 Å². The van der Waals surface area contributed by atoms with Crippen molar-refractivity contribution in [3.63, 3.8) is 0 Å². The maximum absolute atomic E-state index is 12.3. The number of hydrogen-bond donors (Lipinski definition) is 0. The molecule has 0 atom stereocenters. The fourth-order valence-corrected chi connectivity index (χ4v) is 3.59. The largest absolute Gasteiger partial charge is 0.346 e. The average Bonchev–Trinajstić information content (AvgIpc) is 2.62. The Morgan fingerprint density at radius 1 is 1.26 bits per heavy atom. The summed E-state index contributed by atoms with van der Waals surface area (Å²) < 4.78 is 0. The Morgan fingerprint density at radius 2 is 2.11 bits per heavy atom. The molecule has 2 aliphatic rings. The molecule has 1 aromatic rings. The first kappa shape index (κ1) is 12.9. The fourth-order valence-electron chi connectivity index (χ4n) is 2.73. The Bertz CT molecular complexity index is 455. The summed E-state index contributed by atoms with van der Waals surface area (Å²) >= 11 is 1.71. The Labute approximate surface area is 118 Å². The molecule has 0 N–H and O–H groups in total. The highest BCUT2D eigenvalue weighted by atomic mass is 32.1. The van der Waals surface area contributed by atoms with E-state index in [1.165, 1.54) is 6.42 Å². The Kier molecular flexibility index (Phi) is 3.73. The molecule has 1 saturated heterocycles. The van der Waals surface area contributed by atoms with E-state index in [0.29, 0.717) is 11.8 Å². The molecule has 1 saturated carbocycles. The molecule has 3 rings (SSSR count). The molecule has 0 spiro atoms. The molecule has 0 bridgehead atoms. The number of hydrogen-bond acceptors (Lipinski definition) is 4. The van der Waals surface area contributed by atoms with E-state index >= 15 is 0 Å². The van der Waals surface area contributed by atoms with Gasteiger partial charge in [-0.1, -0.05) is 6.42 Å². The summed E-state index contributed by atoms with van der Waals surface area (Å²) in [7, 11) is 0. The van der Waals surface area contributed by atoms with Crippen molar-refractivity contribution in [3.05, 3.63) is 11.1 Å². The van der Waals surface area contributed by atoms with Crippen LogP contribution in [-0.4, -0.2) is 42.0 Å². The number of carbonyl (C=O) groups excluding carboxylic acids is 1. The summed E-state index contributed by atoms with van der Waals surface area (Å²) in [6.07, 6.45) is 4.49. The number of nitrogens with zero attached hydrogens (tertiary/aromatic N) is 3. The van der Waals surface area contributed by atoms with Crippen LogP contribution in [0.25, 0.3) is 0 Å². The first-order chi connectivity index (χ1) is 9.24. The van der Waals surface area contributed by atoms with Gasteiger partial charge in [0.15, 0.2) is 5.13 Å². The summed E-state index contributed by atoms with van der Waals surface area (Å²) in [5.41, 5.74) is 1.09. The minimum absolute atomic E-state index is 0.327. The molecule has 0 unspecified atom stereocenters. The van der Waals surface area contributed by atoms with Crippen molar-refractivity contribution >= 4 is 22.4 Å². The number of thiazole rings is 1. The third kappa shape index (κ3) is 2.76. The lowest BCUT2D eigenvalue weighted by Crippen LogP contribution is -2.41. The Morgan fingerprint density at radius 3 is 2.74 bits per heavy atom.